The molecule has 15 heavy (non-hydrogen) atoms. The number of nitrogens with one attached hydrogen (secondary N) is 2. The van der Waals surface area contributed by atoms with E-state index in [1.54, 1.807) is 18.3 Å². The lowest BCUT2D eigenvalue weighted by Gasteiger charge is -2.01. The Morgan fingerprint density at radius 3 is 2.87 bits per heavy atom. The van der Waals surface area contributed by atoms with E-state index in [1.165, 1.54) is 12.1 Å². The number of halogens is 1. The SMILES string of the molecule is O=C(Nc1ccc(F)cn1)c1ccc[nH]1. The number of rotatable bonds is 2. The minimum Gasteiger partial charge on any atom is -0.357 e. The van der Waals surface area contributed by atoms with Crippen LogP contribution in [0.2, 0.25) is 0 Å². The second-order valence-corrected chi connectivity index (χ2v) is 2.90. The van der Waals surface area contributed by atoms with Gasteiger partial charge >= 0.3 is 0 Å². The van der Waals surface area contributed by atoms with E-state index in [-0.39, 0.29) is 5.91 Å². The van der Waals surface area contributed by atoms with Gasteiger partial charge in [-0.25, -0.2) is 9.37 Å². The fourth-order valence-corrected chi connectivity index (χ4v) is 1.10. The molecule has 0 spiro atoms. The third-order valence-corrected chi connectivity index (χ3v) is 1.81. The molecule has 0 saturated heterocycles. The maximum absolute atomic E-state index is 12.5. The Hall–Kier alpha value is -2.17. The number of carbonyl (C=O) groups excluding carboxylic acids is 1. The molecule has 2 aromatic heterocycles. The summed E-state index contributed by atoms with van der Waals surface area (Å²) >= 11 is 0. The normalized spacial score (nSPS) is 9.93. The lowest BCUT2D eigenvalue weighted by atomic mass is 10.4. The highest BCUT2D eigenvalue weighted by Gasteiger charge is 2.06. The molecule has 0 aromatic carbocycles. The summed E-state index contributed by atoms with van der Waals surface area (Å²) in [7, 11) is 0. The Bertz CT molecular complexity index is 450. The van der Waals surface area contributed by atoms with Gasteiger partial charge in [0.25, 0.3) is 5.91 Å². The average Bonchev–Trinajstić information content (AvgIpc) is 2.74. The van der Waals surface area contributed by atoms with Crippen LogP contribution in [0.1, 0.15) is 10.5 Å². The summed E-state index contributed by atoms with van der Waals surface area (Å²) in [6, 6.07) is 5.99. The predicted octanol–water partition coefficient (Wildman–Crippen LogP) is 1.80. The molecule has 0 aliphatic heterocycles. The minimum atomic E-state index is -0.437. The third-order valence-electron chi connectivity index (χ3n) is 1.81. The molecule has 2 heterocycles. The number of anilines is 1. The second kappa shape index (κ2) is 3.91. The van der Waals surface area contributed by atoms with Gasteiger partial charge in [0.05, 0.1) is 6.20 Å². The Balaban J connectivity index is 2.09. The lowest BCUT2D eigenvalue weighted by Crippen LogP contribution is -2.13. The van der Waals surface area contributed by atoms with Crippen molar-refractivity contribution in [3.05, 3.63) is 48.2 Å². The van der Waals surface area contributed by atoms with Crippen molar-refractivity contribution in [2.24, 2.45) is 0 Å². The second-order valence-electron chi connectivity index (χ2n) is 2.90. The molecule has 2 aromatic rings. The quantitative estimate of drug-likeness (QED) is 0.785. The molecule has 0 bridgehead atoms. The van der Waals surface area contributed by atoms with E-state index in [1.807, 2.05) is 0 Å². The number of aromatic amines is 1. The summed E-state index contributed by atoms with van der Waals surface area (Å²) in [4.78, 5) is 17.9. The zero-order chi connectivity index (χ0) is 10.7. The number of aromatic nitrogens is 2. The van der Waals surface area contributed by atoms with Crippen molar-refractivity contribution in [2.45, 2.75) is 0 Å². The Labute approximate surface area is 85.2 Å². The van der Waals surface area contributed by atoms with Crippen LogP contribution >= 0.6 is 0 Å². The topological polar surface area (TPSA) is 57.8 Å². The van der Waals surface area contributed by atoms with Gasteiger partial charge in [-0.3, -0.25) is 4.79 Å². The van der Waals surface area contributed by atoms with Crippen LogP contribution in [0.5, 0.6) is 0 Å². The minimum absolute atomic E-state index is 0.306. The van der Waals surface area contributed by atoms with Crippen molar-refractivity contribution in [2.75, 3.05) is 5.32 Å². The largest absolute Gasteiger partial charge is 0.357 e. The fraction of sp³-hybridized carbons (Fsp3) is 0. The van der Waals surface area contributed by atoms with Crippen molar-refractivity contribution in [3.8, 4) is 0 Å². The van der Waals surface area contributed by atoms with Crippen molar-refractivity contribution in [3.63, 3.8) is 0 Å². The molecule has 0 fully saturated rings. The maximum Gasteiger partial charge on any atom is 0.273 e. The first-order valence-electron chi connectivity index (χ1n) is 4.32. The lowest BCUT2D eigenvalue weighted by molar-refractivity contribution is 0.102. The molecular formula is C10H8FN3O. The predicted molar refractivity (Wildman–Crippen MR) is 52.9 cm³/mol. The molecule has 5 heteroatoms. The number of amides is 1. The molecule has 0 saturated carbocycles. The van der Waals surface area contributed by atoms with E-state index < -0.39 is 5.82 Å². The standard InChI is InChI=1S/C10H8FN3O/c11-7-3-4-9(13-6-7)14-10(15)8-2-1-5-12-8/h1-6,12H,(H,13,14,15). The highest BCUT2D eigenvalue weighted by molar-refractivity contribution is 6.02. The number of carbonyl (C=O) groups is 1. The van der Waals surface area contributed by atoms with Gasteiger partial charge in [0.1, 0.15) is 17.3 Å². The Kier molecular flexibility index (Phi) is 2.45. The van der Waals surface area contributed by atoms with Crippen molar-refractivity contribution >= 4 is 11.7 Å². The summed E-state index contributed by atoms with van der Waals surface area (Å²) in [5, 5.41) is 2.52. The number of hydrogen-bond acceptors (Lipinski definition) is 2. The smallest absolute Gasteiger partial charge is 0.273 e. The summed E-state index contributed by atoms with van der Waals surface area (Å²) in [5.74, 6) is -0.428. The van der Waals surface area contributed by atoms with Gasteiger partial charge in [-0.1, -0.05) is 0 Å². The molecule has 2 rings (SSSR count). The molecule has 2 N–H and O–H groups in total. The van der Waals surface area contributed by atoms with Crippen LogP contribution in [-0.4, -0.2) is 15.9 Å². The molecule has 0 radical (unpaired) electrons. The van der Waals surface area contributed by atoms with Gasteiger partial charge < -0.3 is 10.3 Å². The summed E-state index contributed by atoms with van der Waals surface area (Å²) < 4.78 is 12.5. The molecule has 76 valence electrons. The number of H-pyrrole nitrogens is 1. The zero-order valence-electron chi connectivity index (χ0n) is 7.70. The molecule has 0 atom stereocenters. The molecular weight excluding hydrogens is 197 g/mol. The van der Waals surface area contributed by atoms with Gasteiger partial charge in [-0.2, -0.15) is 0 Å². The van der Waals surface area contributed by atoms with E-state index >= 15 is 0 Å². The molecule has 0 aliphatic carbocycles. The number of hydrogen-bond donors (Lipinski definition) is 2. The van der Waals surface area contributed by atoms with Crippen LogP contribution in [0.15, 0.2) is 36.7 Å². The zero-order valence-corrected chi connectivity index (χ0v) is 7.70. The number of nitrogens with zero attached hydrogens (tertiary/aromatic N) is 1. The van der Waals surface area contributed by atoms with Gasteiger partial charge in [-0.15, -0.1) is 0 Å². The molecule has 0 aliphatic rings. The molecule has 1 amide bonds. The van der Waals surface area contributed by atoms with Gasteiger partial charge in [0, 0.05) is 6.20 Å². The highest BCUT2D eigenvalue weighted by Crippen LogP contribution is 2.05. The van der Waals surface area contributed by atoms with E-state index in [2.05, 4.69) is 15.3 Å². The van der Waals surface area contributed by atoms with E-state index in [9.17, 15) is 9.18 Å². The van der Waals surface area contributed by atoms with Crippen molar-refractivity contribution in [1.29, 1.82) is 0 Å². The van der Waals surface area contributed by atoms with Crippen LogP contribution in [0.4, 0.5) is 10.2 Å². The van der Waals surface area contributed by atoms with Crippen LogP contribution in [0.3, 0.4) is 0 Å². The van der Waals surface area contributed by atoms with Gasteiger partial charge in [-0.05, 0) is 24.3 Å². The van der Waals surface area contributed by atoms with E-state index in [4.69, 9.17) is 0 Å². The maximum atomic E-state index is 12.5. The first kappa shape index (κ1) is 9.39. The first-order valence-corrected chi connectivity index (χ1v) is 4.32. The van der Waals surface area contributed by atoms with Crippen LogP contribution in [0.25, 0.3) is 0 Å². The summed E-state index contributed by atoms with van der Waals surface area (Å²) in [5.41, 5.74) is 0.432. The third kappa shape index (κ3) is 2.19. The van der Waals surface area contributed by atoms with Gasteiger partial charge in [0.15, 0.2) is 0 Å². The van der Waals surface area contributed by atoms with E-state index in [0.29, 0.717) is 11.5 Å². The monoisotopic (exact) mass is 205 g/mol. The fourth-order valence-electron chi connectivity index (χ4n) is 1.10. The van der Waals surface area contributed by atoms with Crippen molar-refractivity contribution in [1.82, 2.24) is 9.97 Å². The summed E-state index contributed by atoms with van der Waals surface area (Å²) in [6.45, 7) is 0. The average molecular weight is 205 g/mol. The summed E-state index contributed by atoms with van der Waals surface area (Å²) in [6.07, 6.45) is 2.69. The van der Waals surface area contributed by atoms with Crippen LogP contribution in [0, 0.1) is 5.82 Å². The van der Waals surface area contributed by atoms with E-state index in [0.717, 1.165) is 6.20 Å². The van der Waals surface area contributed by atoms with Gasteiger partial charge in [0.2, 0.25) is 0 Å². The number of pyridine rings is 1. The Morgan fingerprint density at radius 2 is 2.27 bits per heavy atom. The van der Waals surface area contributed by atoms with Crippen molar-refractivity contribution < 1.29 is 9.18 Å². The highest BCUT2D eigenvalue weighted by atomic mass is 19.1. The first-order chi connectivity index (χ1) is 7.25. The molecule has 0 unspecified atom stereocenters. The van der Waals surface area contributed by atoms with Crippen LogP contribution in [-0.2, 0) is 0 Å². The Morgan fingerprint density at radius 1 is 1.40 bits per heavy atom. The van der Waals surface area contributed by atoms with Crippen LogP contribution < -0.4 is 5.32 Å². The molecule has 4 nitrogen and oxygen atoms in total.